The average molecular weight is 229 g/mol. The van der Waals surface area contributed by atoms with Gasteiger partial charge in [0, 0.05) is 11.9 Å². The van der Waals surface area contributed by atoms with Crippen LogP contribution in [0.1, 0.15) is 16.1 Å². The van der Waals surface area contributed by atoms with E-state index in [1.807, 2.05) is 24.3 Å². The summed E-state index contributed by atoms with van der Waals surface area (Å²) in [5.41, 5.74) is 7.98. The average Bonchev–Trinajstić information content (AvgIpc) is 2.86. The van der Waals surface area contributed by atoms with Crippen molar-refractivity contribution in [1.29, 1.82) is 0 Å². The molecule has 0 atom stereocenters. The summed E-state index contributed by atoms with van der Waals surface area (Å²) in [6, 6.07) is 11.2. The van der Waals surface area contributed by atoms with Crippen LogP contribution in [0.15, 0.2) is 42.6 Å². The van der Waals surface area contributed by atoms with E-state index in [2.05, 4.69) is 10.3 Å². The first kappa shape index (κ1) is 11.4. The van der Waals surface area contributed by atoms with Crippen LogP contribution in [-0.4, -0.2) is 17.4 Å². The van der Waals surface area contributed by atoms with Crippen molar-refractivity contribution in [2.24, 2.45) is 5.73 Å². The molecule has 0 unspecified atom stereocenters. The second-order valence-corrected chi connectivity index (χ2v) is 3.77. The molecule has 0 aliphatic heterocycles. The van der Waals surface area contributed by atoms with Gasteiger partial charge in [0.1, 0.15) is 5.69 Å². The van der Waals surface area contributed by atoms with Gasteiger partial charge in [0.2, 0.25) is 0 Å². The highest BCUT2D eigenvalue weighted by molar-refractivity contribution is 6.02. The number of anilines is 1. The van der Waals surface area contributed by atoms with Crippen molar-refractivity contribution < 1.29 is 4.79 Å². The lowest BCUT2D eigenvalue weighted by atomic mass is 10.1. The molecule has 0 fully saturated rings. The van der Waals surface area contributed by atoms with Crippen molar-refractivity contribution in [3.05, 3.63) is 53.9 Å². The number of carbonyl (C=O) groups excluding carboxylic acids is 1. The lowest BCUT2D eigenvalue weighted by molar-refractivity contribution is 0.102. The van der Waals surface area contributed by atoms with E-state index in [4.69, 9.17) is 5.73 Å². The zero-order valence-electron chi connectivity index (χ0n) is 9.44. The Morgan fingerprint density at radius 2 is 2.00 bits per heavy atom. The monoisotopic (exact) mass is 229 g/mol. The molecule has 4 nitrogen and oxygen atoms in total. The molecule has 1 aromatic carbocycles. The van der Waals surface area contributed by atoms with Gasteiger partial charge in [-0.3, -0.25) is 4.79 Å². The first-order valence-corrected chi connectivity index (χ1v) is 5.53. The van der Waals surface area contributed by atoms with Gasteiger partial charge < -0.3 is 16.0 Å². The second kappa shape index (κ2) is 5.32. The molecule has 0 spiro atoms. The fraction of sp³-hybridized carbons (Fsp3) is 0.154. The van der Waals surface area contributed by atoms with Crippen molar-refractivity contribution in [3.8, 4) is 0 Å². The van der Waals surface area contributed by atoms with Crippen LogP contribution >= 0.6 is 0 Å². The van der Waals surface area contributed by atoms with E-state index in [0.29, 0.717) is 12.2 Å². The van der Waals surface area contributed by atoms with E-state index in [-0.39, 0.29) is 5.91 Å². The van der Waals surface area contributed by atoms with Crippen molar-refractivity contribution in [2.45, 2.75) is 6.42 Å². The van der Waals surface area contributed by atoms with Gasteiger partial charge in [0.25, 0.3) is 5.91 Å². The molecule has 0 radical (unpaired) electrons. The maximum absolute atomic E-state index is 11.7. The summed E-state index contributed by atoms with van der Waals surface area (Å²) < 4.78 is 0. The van der Waals surface area contributed by atoms with Gasteiger partial charge in [-0.05, 0) is 42.8 Å². The minimum absolute atomic E-state index is 0.137. The highest BCUT2D eigenvalue weighted by Crippen LogP contribution is 2.11. The number of hydrogen-bond acceptors (Lipinski definition) is 2. The van der Waals surface area contributed by atoms with E-state index in [1.165, 1.54) is 5.56 Å². The lowest BCUT2D eigenvalue weighted by Crippen LogP contribution is -2.12. The topological polar surface area (TPSA) is 70.9 Å². The number of rotatable bonds is 4. The zero-order chi connectivity index (χ0) is 12.1. The summed E-state index contributed by atoms with van der Waals surface area (Å²) in [7, 11) is 0. The summed E-state index contributed by atoms with van der Waals surface area (Å²) >= 11 is 0. The van der Waals surface area contributed by atoms with E-state index in [1.54, 1.807) is 18.3 Å². The zero-order valence-corrected chi connectivity index (χ0v) is 9.44. The fourth-order valence-corrected chi connectivity index (χ4v) is 1.59. The van der Waals surface area contributed by atoms with Crippen LogP contribution in [0.5, 0.6) is 0 Å². The Balaban J connectivity index is 2.01. The Bertz CT molecular complexity index is 474. The molecule has 0 aliphatic rings. The number of nitrogens with one attached hydrogen (secondary N) is 2. The predicted molar refractivity (Wildman–Crippen MR) is 67.9 cm³/mol. The predicted octanol–water partition coefficient (Wildman–Crippen LogP) is 1.77. The summed E-state index contributed by atoms with van der Waals surface area (Å²) in [5, 5.41) is 2.81. The molecule has 0 saturated heterocycles. The minimum Gasteiger partial charge on any atom is -0.357 e. The Morgan fingerprint density at radius 3 is 2.59 bits per heavy atom. The van der Waals surface area contributed by atoms with Crippen LogP contribution in [0.3, 0.4) is 0 Å². The lowest BCUT2D eigenvalue weighted by Gasteiger charge is -2.05. The molecule has 2 rings (SSSR count). The molecular formula is C13H15N3O. The van der Waals surface area contributed by atoms with Crippen LogP contribution in [0.2, 0.25) is 0 Å². The molecule has 2 aromatic rings. The third-order valence-corrected chi connectivity index (χ3v) is 2.49. The number of carbonyl (C=O) groups is 1. The van der Waals surface area contributed by atoms with Gasteiger partial charge in [-0.2, -0.15) is 0 Å². The number of amides is 1. The molecule has 0 saturated carbocycles. The number of aromatic nitrogens is 1. The van der Waals surface area contributed by atoms with E-state index in [9.17, 15) is 4.79 Å². The molecule has 88 valence electrons. The molecule has 1 amide bonds. The van der Waals surface area contributed by atoms with Gasteiger partial charge in [0.15, 0.2) is 0 Å². The Labute approximate surface area is 99.8 Å². The summed E-state index contributed by atoms with van der Waals surface area (Å²) in [4.78, 5) is 14.6. The van der Waals surface area contributed by atoms with Gasteiger partial charge in [-0.1, -0.05) is 12.1 Å². The number of aromatic amines is 1. The van der Waals surface area contributed by atoms with E-state index >= 15 is 0 Å². The number of hydrogen-bond donors (Lipinski definition) is 3. The highest BCUT2D eigenvalue weighted by atomic mass is 16.1. The Morgan fingerprint density at radius 1 is 1.24 bits per heavy atom. The first-order valence-electron chi connectivity index (χ1n) is 5.53. The van der Waals surface area contributed by atoms with Crippen LogP contribution in [0.25, 0.3) is 0 Å². The van der Waals surface area contributed by atoms with Gasteiger partial charge in [0.05, 0.1) is 0 Å². The summed E-state index contributed by atoms with van der Waals surface area (Å²) in [5.74, 6) is -0.137. The maximum Gasteiger partial charge on any atom is 0.272 e. The molecule has 17 heavy (non-hydrogen) atoms. The maximum atomic E-state index is 11.7. The molecule has 0 bridgehead atoms. The minimum atomic E-state index is -0.137. The molecule has 4 N–H and O–H groups in total. The molecule has 4 heteroatoms. The third kappa shape index (κ3) is 2.95. The van der Waals surface area contributed by atoms with Crippen molar-refractivity contribution >= 4 is 11.6 Å². The van der Waals surface area contributed by atoms with E-state index in [0.717, 1.165) is 12.1 Å². The van der Waals surface area contributed by atoms with E-state index < -0.39 is 0 Å². The Hall–Kier alpha value is -2.07. The molecular weight excluding hydrogens is 214 g/mol. The highest BCUT2D eigenvalue weighted by Gasteiger charge is 2.05. The van der Waals surface area contributed by atoms with Crippen molar-refractivity contribution in [2.75, 3.05) is 11.9 Å². The fourth-order valence-electron chi connectivity index (χ4n) is 1.59. The molecule has 0 aliphatic carbocycles. The van der Waals surface area contributed by atoms with Crippen LogP contribution in [0.4, 0.5) is 5.69 Å². The quantitative estimate of drug-likeness (QED) is 0.747. The van der Waals surface area contributed by atoms with Crippen molar-refractivity contribution in [1.82, 2.24) is 4.98 Å². The van der Waals surface area contributed by atoms with Gasteiger partial charge in [-0.15, -0.1) is 0 Å². The van der Waals surface area contributed by atoms with Crippen molar-refractivity contribution in [3.63, 3.8) is 0 Å². The van der Waals surface area contributed by atoms with Crippen LogP contribution in [0, 0.1) is 0 Å². The largest absolute Gasteiger partial charge is 0.357 e. The van der Waals surface area contributed by atoms with Gasteiger partial charge in [-0.25, -0.2) is 0 Å². The number of H-pyrrole nitrogens is 1. The smallest absolute Gasteiger partial charge is 0.272 e. The molecule has 1 aromatic heterocycles. The first-order chi connectivity index (χ1) is 8.29. The second-order valence-electron chi connectivity index (χ2n) is 3.77. The summed E-state index contributed by atoms with van der Waals surface area (Å²) in [6.07, 6.45) is 2.57. The molecule has 1 heterocycles. The number of benzene rings is 1. The van der Waals surface area contributed by atoms with Crippen LogP contribution < -0.4 is 11.1 Å². The van der Waals surface area contributed by atoms with Gasteiger partial charge >= 0.3 is 0 Å². The SMILES string of the molecule is NCCc1ccc(NC(=O)c2ccc[nH]2)cc1. The standard InChI is InChI=1S/C13H15N3O/c14-8-7-10-3-5-11(6-4-10)16-13(17)12-2-1-9-15-12/h1-6,9,15H,7-8,14H2,(H,16,17). The number of nitrogens with two attached hydrogens (primary N) is 1. The van der Waals surface area contributed by atoms with Crippen LogP contribution in [-0.2, 0) is 6.42 Å². The normalized spacial score (nSPS) is 10.2. The third-order valence-electron chi connectivity index (χ3n) is 2.49. The summed E-state index contributed by atoms with van der Waals surface area (Å²) in [6.45, 7) is 0.633. The Kier molecular flexibility index (Phi) is 3.57.